The SMILES string of the molecule is COC(=O)COc1c(C)cc(CNC(C)c2nc(C(C)(C)C)no2)cc1C. The number of benzene rings is 1. The summed E-state index contributed by atoms with van der Waals surface area (Å²) in [4.78, 5) is 15.8. The van der Waals surface area contributed by atoms with Crippen molar-refractivity contribution >= 4 is 5.97 Å². The molecule has 27 heavy (non-hydrogen) atoms. The summed E-state index contributed by atoms with van der Waals surface area (Å²) in [5, 5.41) is 7.47. The largest absolute Gasteiger partial charge is 0.481 e. The molecule has 1 unspecified atom stereocenters. The minimum Gasteiger partial charge on any atom is -0.481 e. The Morgan fingerprint density at radius 2 is 1.89 bits per heavy atom. The van der Waals surface area contributed by atoms with Crippen molar-refractivity contribution in [3.63, 3.8) is 0 Å². The van der Waals surface area contributed by atoms with Gasteiger partial charge in [0, 0.05) is 12.0 Å². The molecule has 0 saturated heterocycles. The van der Waals surface area contributed by atoms with E-state index in [9.17, 15) is 4.79 Å². The summed E-state index contributed by atoms with van der Waals surface area (Å²) in [5.41, 5.74) is 2.90. The van der Waals surface area contributed by atoms with E-state index in [1.54, 1.807) is 0 Å². The number of nitrogens with one attached hydrogen (secondary N) is 1. The van der Waals surface area contributed by atoms with E-state index in [-0.39, 0.29) is 18.1 Å². The Kier molecular flexibility index (Phi) is 6.59. The summed E-state index contributed by atoms with van der Waals surface area (Å²) in [7, 11) is 1.34. The van der Waals surface area contributed by atoms with Crippen molar-refractivity contribution in [2.45, 2.75) is 59.5 Å². The van der Waals surface area contributed by atoms with Crippen LogP contribution in [-0.2, 0) is 21.5 Å². The number of ether oxygens (including phenoxy) is 2. The molecule has 1 N–H and O–H groups in total. The Morgan fingerprint density at radius 1 is 1.26 bits per heavy atom. The molecule has 7 nitrogen and oxygen atoms in total. The molecule has 148 valence electrons. The summed E-state index contributed by atoms with van der Waals surface area (Å²) >= 11 is 0. The molecule has 1 aromatic carbocycles. The van der Waals surface area contributed by atoms with Crippen LogP contribution < -0.4 is 10.1 Å². The van der Waals surface area contributed by atoms with E-state index in [2.05, 4.69) is 41.0 Å². The van der Waals surface area contributed by atoms with Crippen LogP contribution in [0.3, 0.4) is 0 Å². The zero-order chi connectivity index (χ0) is 20.2. The molecule has 0 radical (unpaired) electrons. The molecule has 1 aromatic heterocycles. The Bertz CT molecular complexity index is 770. The highest BCUT2D eigenvalue weighted by Crippen LogP contribution is 2.25. The quantitative estimate of drug-likeness (QED) is 0.742. The second-order valence-electron chi connectivity index (χ2n) is 7.73. The smallest absolute Gasteiger partial charge is 0.343 e. The number of carbonyl (C=O) groups excluding carboxylic acids is 1. The van der Waals surface area contributed by atoms with Crippen molar-refractivity contribution in [2.24, 2.45) is 0 Å². The molecule has 0 aliphatic heterocycles. The van der Waals surface area contributed by atoms with E-state index >= 15 is 0 Å². The van der Waals surface area contributed by atoms with Crippen molar-refractivity contribution in [1.82, 2.24) is 15.5 Å². The fourth-order valence-corrected chi connectivity index (χ4v) is 2.63. The van der Waals surface area contributed by atoms with Crippen LogP contribution in [0.4, 0.5) is 0 Å². The number of aryl methyl sites for hydroxylation is 2. The molecule has 1 heterocycles. The molecule has 1 atom stereocenters. The van der Waals surface area contributed by atoms with Gasteiger partial charge in [0.2, 0.25) is 5.89 Å². The van der Waals surface area contributed by atoms with Crippen molar-refractivity contribution in [2.75, 3.05) is 13.7 Å². The van der Waals surface area contributed by atoms with Crippen LogP contribution in [0.5, 0.6) is 5.75 Å². The number of methoxy groups -OCH3 is 1. The van der Waals surface area contributed by atoms with Gasteiger partial charge in [-0.15, -0.1) is 0 Å². The van der Waals surface area contributed by atoms with Crippen molar-refractivity contribution in [3.8, 4) is 5.75 Å². The Balaban J connectivity index is 2.01. The molecule has 0 aliphatic carbocycles. The normalized spacial score (nSPS) is 12.7. The summed E-state index contributed by atoms with van der Waals surface area (Å²) in [5.74, 6) is 1.59. The monoisotopic (exact) mass is 375 g/mol. The summed E-state index contributed by atoms with van der Waals surface area (Å²) in [6, 6.07) is 4.01. The van der Waals surface area contributed by atoms with Crippen LogP contribution in [0, 0.1) is 13.8 Å². The van der Waals surface area contributed by atoms with E-state index in [4.69, 9.17) is 9.26 Å². The van der Waals surface area contributed by atoms with Gasteiger partial charge in [0.05, 0.1) is 13.2 Å². The lowest BCUT2D eigenvalue weighted by Gasteiger charge is -2.15. The lowest BCUT2D eigenvalue weighted by Crippen LogP contribution is -2.19. The maximum absolute atomic E-state index is 11.3. The average Bonchev–Trinajstić information content (AvgIpc) is 3.09. The Labute approximate surface area is 160 Å². The first kappa shape index (κ1) is 20.9. The van der Waals surface area contributed by atoms with E-state index in [1.807, 2.05) is 32.9 Å². The molecular formula is C20H29N3O4. The molecule has 0 saturated carbocycles. The van der Waals surface area contributed by atoms with Crippen LogP contribution in [-0.4, -0.2) is 29.8 Å². The predicted octanol–water partition coefficient (Wildman–Crippen LogP) is 3.39. The zero-order valence-corrected chi connectivity index (χ0v) is 17.2. The standard InChI is InChI=1S/C20H29N3O4/c1-12-8-15(9-13(2)17(12)26-11-16(24)25-7)10-21-14(3)18-22-19(23-27-18)20(4,5)6/h8-9,14,21H,10-11H2,1-7H3. The zero-order valence-electron chi connectivity index (χ0n) is 17.2. The number of hydrogen-bond donors (Lipinski definition) is 1. The first-order valence-electron chi connectivity index (χ1n) is 8.99. The van der Waals surface area contributed by atoms with Gasteiger partial charge >= 0.3 is 5.97 Å². The number of nitrogens with zero attached hydrogens (tertiary/aromatic N) is 2. The lowest BCUT2D eigenvalue weighted by atomic mass is 9.96. The van der Waals surface area contributed by atoms with Gasteiger partial charge in [0.25, 0.3) is 0 Å². The minimum absolute atomic E-state index is 0.0653. The fourth-order valence-electron chi connectivity index (χ4n) is 2.63. The number of rotatable bonds is 7. The summed E-state index contributed by atoms with van der Waals surface area (Å²) in [6.07, 6.45) is 0. The summed E-state index contributed by atoms with van der Waals surface area (Å²) < 4.78 is 15.6. The third-order valence-electron chi connectivity index (χ3n) is 4.18. The molecule has 0 aliphatic rings. The van der Waals surface area contributed by atoms with Crippen LogP contribution in [0.25, 0.3) is 0 Å². The second-order valence-corrected chi connectivity index (χ2v) is 7.73. The highest BCUT2D eigenvalue weighted by molar-refractivity contribution is 5.71. The number of esters is 1. The maximum Gasteiger partial charge on any atom is 0.343 e. The topological polar surface area (TPSA) is 86.5 Å². The highest BCUT2D eigenvalue weighted by Gasteiger charge is 2.23. The molecule has 2 aromatic rings. The fraction of sp³-hybridized carbons (Fsp3) is 0.550. The molecule has 7 heteroatoms. The summed E-state index contributed by atoms with van der Waals surface area (Å²) in [6.45, 7) is 12.6. The minimum atomic E-state index is -0.400. The maximum atomic E-state index is 11.3. The van der Waals surface area contributed by atoms with Gasteiger partial charge in [0.15, 0.2) is 12.4 Å². The molecular weight excluding hydrogens is 346 g/mol. The van der Waals surface area contributed by atoms with Gasteiger partial charge < -0.3 is 19.3 Å². The van der Waals surface area contributed by atoms with E-state index < -0.39 is 5.97 Å². The van der Waals surface area contributed by atoms with Crippen molar-refractivity contribution in [3.05, 3.63) is 40.5 Å². The number of carbonyl (C=O) groups is 1. The molecule has 0 bridgehead atoms. The van der Waals surface area contributed by atoms with Gasteiger partial charge in [0.1, 0.15) is 5.75 Å². The first-order valence-corrected chi connectivity index (χ1v) is 8.99. The van der Waals surface area contributed by atoms with Gasteiger partial charge in [-0.1, -0.05) is 38.1 Å². The van der Waals surface area contributed by atoms with Crippen LogP contribution in [0.15, 0.2) is 16.7 Å². The van der Waals surface area contributed by atoms with Crippen molar-refractivity contribution < 1.29 is 18.8 Å². The number of hydrogen-bond acceptors (Lipinski definition) is 7. The van der Waals surface area contributed by atoms with Crippen LogP contribution in [0.1, 0.15) is 62.1 Å². The molecule has 0 fully saturated rings. The molecule has 0 spiro atoms. The predicted molar refractivity (Wildman–Crippen MR) is 102 cm³/mol. The van der Waals surface area contributed by atoms with Gasteiger partial charge in [-0.25, -0.2) is 4.79 Å². The van der Waals surface area contributed by atoms with Crippen LogP contribution in [0.2, 0.25) is 0 Å². The third-order valence-corrected chi connectivity index (χ3v) is 4.18. The molecule has 0 amide bonds. The van der Waals surface area contributed by atoms with Crippen LogP contribution >= 0.6 is 0 Å². The highest BCUT2D eigenvalue weighted by atomic mass is 16.6. The van der Waals surface area contributed by atoms with Gasteiger partial charge in [-0.2, -0.15) is 4.98 Å². The van der Waals surface area contributed by atoms with E-state index in [0.29, 0.717) is 24.0 Å². The number of aromatic nitrogens is 2. The van der Waals surface area contributed by atoms with E-state index in [1.165, 1.54) is 7.11 Å². The van der Waals surface area contributed by atoms with Gasteiger partial charge in [-0.3, -0.25) is 0 Å². The lowest BCUT2D eigenvalue weighted by molar-refractivity contribution is -0.142. The average molecular weight is 375 g/mol. The Morgan fingerprint density at radius 3 is 2.41 bits per heavy atom. The second kappa shape index (κ2) is 8.52. The molecule has 2 rings (SSSR count). The van der Waals surface area contributed by atoms with Gasteiger partial charge in [-0.05, 0) is 37.5 Å². The Hall–Kier alpha value is -2.41. The third kappa shape index (κ3) is 5.53. The van der Waals surface area contributed by atoms with Crippen molar-refractivity contribution in [1.29, 1.82) is 0 Å². The first-order chi connectivity index (χ1) is 12.6. The van der Waals surface area contributed by atoms with E-state index in [0.717, 1.165) is 16.7 Å².